The molecule has 2 N–H and O–H groups in total. The summed E-state index contributed by atoms with van der Waals surface area (Å²) in [7, 11) is 0. The van der Waals surface area contributed by atoms with Crippen molar-refractivity contribution in [2.75, 3.05) is 0 Å². The van der Waals surface area contributed by atoms with Gasteiger partial charge in [0.2, 0.25) is 23.4 Å². The zero-order chi connectivity index (χ0) is 38.3. The average molecular weight is 738 g/mol. The van der Waals surface area contributed by atoms with Gasteiger partial charge in [-0.25, -0.2) is 0 Å². The topological polar surface area (TPSA) is 147 Å². The molecule has 0 aromatic rings. The number of fused-ring (bicyclic) bond motifs is 1. The molecule has 5 fully saturated rings. The van der Waals surface area contributed by atoms with E-state index in [0.29, 0.717) is 19.3 Å². The maximum absolute atomic E-state index is 14.9. The van der Waals surface area contributed by atoms with Crippen LogP contribution >= 0.6 is 0 Å². The van der Waals surface area contributed by atoms with Crippen molar-refractivity contribution in [3.8, 4) is 0 Å². The molecule has 0 unspecified atom stereocenters. The lowest BCUT2D eigenvalue weighted by atomic mass is 9.76. The number of nitrogens with zero attached hydrogens (tertiary/aromatic N) is 1. The zero-order valence-corrected chi connectivity index (χ0v) is 33.1. The van der Waals surface area contributed by atoms with Crippen molar-refractivity contribution in [3.05, 3.63) is 0 Å². The Balaban J connectivity index is 1.34. The minimum Gasteiger partial charge on any atom is -0.347 e. The van der Waals surface area contributed by atoms with Gasteiger partial charge in [0, 0.05) is 43.2 Å². The molecule has 5 aliphatic rings. The van der Waals surface area contributed by atoms with Crippen LogP contribution in [0.3, 0.4) is 0 Å². The SMILES string of the molecule is CCC[C@H](CC(=O)[C@@H]1C[C@@H]2CCCC[C@@H]2N1C(=O)[C@@H](NC(=O)[C@@H](CC(=O)C(=O)NC1CCCCC1)C1CCCCC1)C(C)(C)C)C(=O)C(=O)CC1CC1. The number of rotatable bonds is 17. The Labute approximate surface area is 317 Å². The zero-order valence-electron chi connectivity index (χ0n) is 33.1. The molecule has 1 aliphatic heterocycles. The molecule has 10 nitrogen and oxygen atoms in total. The van der Waals surface area contributed by atoms with Gasteiger partial charge in [0.05, 0.1) is 6.04 Å². The number of Topliss-reactive ketones (excluding diaryl/α,β-unsaturated/α-hetero) is 4. The first-order valence-electron chi connectivity index (χ1n) is 21.3. The number of hydrogen-bond donors (Lipinski definition) is 2. The number of carbonyl (C=O) groups excluding carboxylic acids is 7. The third kappa shape index (κ3) is 10.9. The lowest BCUT2D eigenvalue weighted by Gasteiger charge is -2.40. The summed E-state index contributed by atoms with van der Waals surface area (Å²) in [5.41, 5.74) is -0.720. The van der Waals surface area contributed by atoms with Crippen molar-refractivity contribution in [3.63, 3.8) is 0 Å². The molecular weight excluding hydrogens is 670 g/mol. The normalized spacial score (nSPS) is 25.8. The first-order chi connectivity index (χ1) is 25.3. The van der Waals surface area contributed by atoms with Crippen LogP contribution in [0.15, 0.2) is 0 Å². The Hall–Kier alpha value is -2.91. The molecule has 4 saturated carbocycles. The lowest BCUT2D eigenvalue weighted by molar-refractivity contribution is -0.148. The van der Waals surface area contributed by atoms with E-state index in [1.165, 1.54) is 0 Å². The van der Waals surface area contributed by atoms with E-state index in [1.54, 1.807) is 4.90 Å². The summed E-state index contributed by atoms with van der Waals surface area (Å²) in [6.45, 7) is 7.66. The summed E-state index contributed by atoms with van der Waals surface area (Å²) in [6, 6.07) is -1.83. The van der Waals surface area contributed by atoms with Crippen molar-refractivity contribution < 1.29 is 33.6 Å². The summed E-state index contributed by atoms with van der Waals surface area (Å²) >= 11 is 0. The second-order valence-corrected chi connectivity index (χ2v) is 18.4. The summed E-state index contributed by atoms with van der Waals surface area (Å²) in [5.74, 6) is -3.91. The Morgan fingerprint density at radius 1 is 0.736 bits per heavy atom. The Morgan fingerprint density at radius 3 is 1.98 bits per heavy atom. The number of ketones is 4. The molecule has 4 aliphatic carbocycles. The van der Waals surface area contributed by atoms with Gasteiger partial charge in [0.15, 0.2) is 11.6 Å². The fraction of sp³-hybridized carbons (Fsp3) is 0.837. The fourth-order valence-corrected chi connectivity index (χ4v) is 9.89. The third-order valence-corrected chi connectivity index (χ3v) is 13.2. The highest BCUT2D eigenvalue weighted by molar-refractivity contribution is 6.38. The number of carbonyl (C=O) groups is 7. The molecule has 0 bridgehead atoms. The molecule has 3 amide bonds. The second kappa shape index (κ2) is 18.6. The number of amides is 3. The van der Waals surface area contributed by atoms with Gasteiger partial charge in [-0.05, 0) is 87.4 Å². The Morgan fingerprint density at radius 2 is 1.36 bits per heavy atom. The highest BCUT2D eigenvalue weighted by Gasteiger charge is 2.51. The van der Waals surface area contributed by atoms with Crippen molar-refractivity contribution in [2.45, 2.75) is 193 Å². The highest BCUT2D eigenvalue weighted by atomic mass is 16.2. The largest absolute Gasteiger partial charge is 0.347 e. The van der Waals surface area contributed by atoms with Gasteiger partial charge >= 0.3 is 0 Å². The third-order valence-electron chi connectivity index (χ3n) is 13.2. The monoisotopic (exact) mass is 737 g/mol. The Kier molecular flexibility index (Phi) is 14.5. The quantitative estimate of drug-likeness (QED) is 0.160. The lowest BCUT2D eigenvalue weighted by Crippen LogP contribution is -2.60. The summed E-state index contributed by atoms with van der Waals surface area (Å²) < 4.78 is 0. The van der Waals surface area contributed by atoms with Crippen LogP contribution in [0.4, 0.5) is 0 Å². The van der Waals surface area contributed by atoms with E-state index in [2.05, 4.69) is 10.6 Å². The van der Waals surface area contributed by atoms with E-state index < -0.39 is 46.8 Å². The molecule has 10 heteroatoms. The second-order valence-electron chi connectivity index (χ2n) is 18.4. The molecule has 53 heavy (non-hydrogen) atoms. The van der Waals surface area contributed by atoms with Crippen LogP contribution in [0.2, 0.25) is 0 Å². The smallest absolute Gasteiger partial charge is 0.287 e. The minimum atomic E-state index is -0.962. The van der Waals surface area contributed by atoms with Gasteiger partial charge < -0.3 is 15.5 Å². The van der Waals surface area contributed by atoms with E-state index >= 15 is 0 Å². The van der Waals surface area contributed by atoms with Crippen LogP contribution in [0.5, 0.6) is 0 Å². The number of nitrogens with one attached hydrogen (secondary N) is 2. The van der Waals surface area contributed by atoms with E-state index in [4.69, 9.17) is 0 Å². The van der Waals surface area contributed by atoms with Crippen molar-refractivity contribution >= 4 is 40.9 Å². The molecule has 1 heterocycles. The van der Waals surface area contributed by atoms with E-state index in [1.807, 2.05) is 27.7 Å². The first-order valence-corrected chi connectivity index (χ1v) is 21.3. The molecule has 1 saturated heterocycles. The average Bonchev–Trinajstić information content (AvgIpc) is 3.87. The maximum atomic E-state index is 14.9. The molecule has 0 aromatic heterocycles. The standard InChI is InChI=1S/C43H67N3O7/c1-5-14-30(38(50)36(48)23-27-21-22-27)25-35(47)34-24-29-17-12-13-20-33(29)46(34)42(53)39(43(2,3)4)45-40(51)32(28-15-8-6-9-16-28)26-37(49)41(52)44-31-18-10-7-11-19-31/h27-34,39H,5-26H2,1-4H3,(H,44,52)(H,45,51)/t29-,30+,32-,33-,34-,39+/m0/s1. The van der Waals surface area contributed by atoms with Crippen LogP contribution in [0, 0.1) is 35.0 Å². The van der Waals surface area contributed by atoms with Gasteiger partial charge in [-0.15, -0.1) is 0 Å². The molecule has 0 spiro atoms. The van der Waals surface area contributed by atoms with Crippen LogP contribution in [-0.4, -0.2) is 69.9 Å². The molecule has 0 aromatic carbocycles. The Bertz CT molecular complexity index is 1350. The molecule has 296 valence electrons. The van der Waals surface area contributed by atoms with Gasteiger partial charge in [0.1, 0.15) is 6.04 Å². The van der Waals surface area contributed by atoms with Crippen LogP contribution in [0.1, 0.15) is 169 Å². The maximum Gasteiger partial charge on any atom is 0.287 e. The molecular formula is C43H67N3O7. The number of likely N-dealkylation sites (tertiary alicyclic amines) is 1. The predicted octanol–water partition coefficient (Wildman–Crippen LogP) is 6.60. The molecule has 6 atom stereocenters. The van der Waals surface area contributed by atoms with Crippen LogP contribution in [0.25, 0.3) is 0 Å². The van der Waals surface area contributed by atoms with Crippen LogP contribution in [-0.2, 0) is 33.6 Å². The summed E-state index contributed by atoms with van der Waals surface area (Å²) in [5, 5.41) is 6.03. The fourth-order valence-electron chi connectivity index (χ4n) is 9.89. The van der Waals surface area contributed by atoms with Crippen molar-refractivity contribution in [1.29, 1.82) is 0 Å². The van der Waals surface area contributed by atoms with E-state index in [0.717, 1.165) is 103 Å². The van der Waals surface area contributed by atoms with Crippen molar-refractivity contribution in [1.82, 2.24) is 15.5 Å². The van der Waals surface area contributed by atoms with Gasteiger partial charge in [0.25, 0.3) is 5.91 Å². The summed E-state index contributed by atoms with van der Waals surface area (Å²) in [4.78, 5) is 98.0. The summed E-state index contributed by atoms with van der Waals surface area (Å²) in [6.07, 6.45) is 16.7. The highest BCUT2D eigenvalue weighted by Crippen LogP contribution is 2.42. The van der Waals surface area contributed by atoms with Gasteiger partial charge in [-0.2, -0.15) is 0 Å². The van der Waals surface area contributed by atoms with Gasteiger partial charge in [-0.3, -0.25) is 33.6 Å². The predicted molar refractivity (Wildman–Crippen MR) is 202 cm³/mol. The van der Waals surface area contributed by atoms with Crippen molar-refractivity contribution in [2.24, 2.45) is 35.0 Å². The molecule has 5 rings (SSSR count). The molecule has 0 radical (unpaired) electrons. The van der Waals surface area contributed by atoms with Gasteiger partial charge in [-0.1, -0.05) is 85.5 Å². The van der Waals surface area contributed by atoms with Crippen LogP contribution < -0.4 is 10.6 Å². The minimum absolute atomic E-state index is 0.0108. The number of hydrogen-bond acceptors (Lipinski definition) is 7. The van der Waals surface area contributed by atoms with E-state index in [9.17, 15) is 33.6 Å². The van der Waals surface area contributed by atoms with E-state index in [-0.39, 0.29) is 72.5 Å². The first kappa shape index (κ1) is 41.3.